The van der Waals surface area contributed by atoms with Gasteiger partial charge in [-0.3, -0.25) is 9.69 Å². The molecule has 0 unspecified atom stereocenters. The van der Waals surface area contributed by atoms with E-state index in [4.69, 9.17) is 0 Å². The number of nitrogens with zero attached hydrogens (tertiary/aromatic N) is 3. The van der Waals surface area contributed by atoms with Crippen LogP contribution in [-0.2, 0) is 17.6 Å². The lowest BCUT2D eigenvalue weighted by Crippen LogP contribution is -2.43. The molecule has 5 atom stereocenters. The van der Waals surface area contributed by atoms with Gasteiger partial charge in [0.1, 0.15) is 11.5 Å². The van der Waals surface area contributed by atoms with Crippen LogP contribution in [0.1, 0.15) is 67.2 Å². The number of carbonyl (C=O) groups is 1. The first-order chi connectivity index (χ1) is 20.8. The first-order valence-corrected chi connectivity index (χ1v) is 16.3. The van der Waals surface area contributed by atoms with Crippen LogP contribution in [0.5, 0.6) is 11.5 Å². The van der Waals surface area contributed by atoms with Gasteiger partial charge in [0, 0.05) is 12.0 Å². The molecule has 3 aromatic rings. The number of rotatable bonds is 5. The van der Waals surface area contributed by atoms with Crippen molar-refractivity contribution in [3.05, 3.63) is 89.0 Å². The first kappa shape index (κ1) is 28.2. The van der Waals surface area contributed by atoms with Crippen LogP contribution in [0.4, 0.5) is 5.69 Å². The van der Waals surface area contributed by atoms with Gasteiger partial charge in [0.2, 0.25) is 5.91 Å². The summed E-state index contributed by atoms with van der Waals surface area (Å²) < 4.78 is 0. The zero-order valence-electron chi connectivity index (χ0n) is 24.3. The average Bonchev–Trinajstić information content (AvgIpc) is 3.54. The zero-order chi connectivity index (χ0) is 29.7. The molecule has 0 radical (unpaired) electrons. The van der Waals surface area contributed by atoms with Crippen LogP contribution in [0.2, 0.25) is 0 Å². The number of carbonyl (C=O) groups excluding carboxylic acids is 1. The van der Waals surface area contributed by atoms with E-state index in [0.717, 1.165) is 55.3 Å². The molecule has 43 heavy (non-hydrogen) atoms. The maximum Gasteiger partial charge on any atom is 0.243 e. The van der Waals surface area contributed by atoms with Gasteiger partial charge in [-0.15, -0.1) is 5.10 Å². The summed E-state index contributed by atoms with van der Waals surface area (Å²) in [6.45, 7) is 2.29. The first-order valence-electron chi connectivity index (χ1n) is 15.3. The third kappa shape index (κ3) is 5.04. The van der Waals surface area contributed by atoms with Crippen molar-refractivity contribution in [1.29, 1.82) is 0 Å². The summed E-state index contributed by atoms with van der Waals surface area (Å²) >= 11 is 1.35. The summed E-state index contributed by atoms with van der Waals surface area (Å²) in [5.74, 6) is 2.19. The van der Waals surface area contributed by atoms with Crippen LogP contribution in [-0.4, -0.2) is 44.0 Å². The number of fused-ring (bicyclic) bond motifs is 5. The van der Waals surface area contributed by atoms with E-state index in [1.165, 1.54) is 22.9 Å². The number of anilines is 1. The number of hydrogen-bond donors (Lipinski definition) is 3. The third-order valence-corrected chi connectivity index (χ3v) is 11.4. The predicted octanol–water partition coefficient (Wildman–Crippen LogP) is 6.40. The molecule has 1 aliphatic heterocycles. The normalized spacial score (nSPS) is 29.4. The summed E-state index contributed by atoms with van der Waals surface area (Å²) in [5.41, 5.74) is 5.54. The predicted molar refractivity (Wildman–Crippen MR) is 171 cm³/mol. The van der Waals surface area contributed by atoms with Gasteiger partial charge in [-0.2, -0.15) is 5.10 Å². The SMILES string of the molecule is C[C@]12CC[C@@H]3c4cc(C/C(=N\N=C5\SCC(=O)N5c5ccccc5)c5ccc(O)cc5)c(O)cc4CC[C@H]3[C@@H]1CC[C@@H]2O. The van der Waals surface area contributed by atoms with Crippen LogP contribution < -0.4 is 4.90 Å². The number of aliphatic hydroxyl groups excluding tert-OH is 1. The van der Waals surface area contributed by atoms with E-state index in [1.54, 1.807) is 29.2 Å². The molecule has 3 aliphatic carbocycles. The van der Waals surface area contributed by atoms with Crippen LogP contribution in [0, 0.1) is 17.3 Å². The third-order valence-electron chi connectivity index (χ3n) is 10.5. The maximum atomic E-state index is 12.7. The van der Waals surface area contributed by atoms with Crippen molar-refractivity contribution in [2.24, 2.45) is 27.5 Å². The minimum Gasteiger partial charge on any atom is -0.508 e. The van der Waals surface area contributed by atoms with Gasteiger partial charge >= 0.3 is 0 Å². The second-order valence-electron chi connectivity index (χ2n) is 12.7. The van der Waals surface area contributed by atoms with E-state index in [1.807, 2.05) is 36.4 Å². The molecule has 4 aliphatic rings. The summed E-state index contributed by atoms with van der Waals surface area (Å²) in [4.78, 5) is 14.3. The Labute approximate surface area is 256 Å². The number of para-hydroxylation sites is 1. The zero-order valence-corrected chi connectivity index (χ0v) is 25.1. The van der Waals surface area contributed by atoms with E-state index in [-0.39, 0.29) is 28.9 Å². The van der Waals surface area contributed by atoms with Crippen molar-refractivity contribution >= 4 is 34.2 Å². The van der Waals surface area contributed by atoms with Gasteiger partial charge in [-0.1, -0.05) is 43.0 Å². The number of benzene rings is 3. The summed E-state index contributed by atoms with van der Waals surface area (Å²) in [7, 11) is 0. The number of aliphatic hydroxyl groups is 1. The highest BCUT2D eigenvalue weighted by Crippen LogP contribution is 2.61. The molecule has 7 rings (SSSR count). The molecule has 7 nitrogen and oxygen atoms in total. The Morgan fingerprint density at radius 1 is 1.02 bits per heavy atom. The minimum absolute atomic E-state index is 0.0174. The smallest absolute Gasteiger partial charge is 0.243 e. The lowest BCUT2D eigenvalue weighted by molar-refractivity contribution is -0.115. The van der Waals surface area contributed by atoms with Gasteiger partial charge in [-0.05, 0) is 121 Å². The Kier molecular flexibility index (Phi) is 7.30. The van der Waals surface area contributed by atoms with Gasteiger partial charge in [0.25, 0.3) is 0 Å². The summed E-state index contributed by atoms with van der Waals surface area (Å²) in [6.07, 6.45) is 6.28. The molecular formula is C35H37N3O4S. The van der Waals surface area contributed by atoms with Crippen molar-refractivity contribution in [3.63, 3.8) is 0 Å². The number of thioether (sulfide) groups is 1. The summed E-state index contributed by atoms with van der Waals surface area (Å²) in [5, 5.41) is 41.7. The number of aromatic hydroxyl groups is 2. The van der Waals surface area contributed by atoms with E-state index >= 15 is 0 Å². The standard InChI is InChI=1S/C35H37N3O4S/c1-35-16-15-26-27(29(35)13-14-32(35)41)12-9-22-19-31(40)23(17-28(22)26)18-30(21-7-10-25(39)11-8-21)36-37-34-38(33(42)20-43-34)24-5-3-2-4-6-24/h2-8,10-11,17,19,26-27,29,32,39-41H,9,12-16,18,20H2,1H3/b36-30+,37-34+/t26-,27+,29-,32-,35-/m0/s1. The lowest BCUT2D eigenvalue weighted by Gasteiger charge is -2.50. The number of phenols is 2. The minimum atomic E-state index is -0.202. The largest absolute Gasteiger partial charge is 0.508 e. The summed E-state index contributed by atoms with van der Waals surface area (Å²) in [6, 6.07) is 20.4. The number of phenolic OH excluding ortho intramolecular Hbond substituents is 2. The fraction of sp³-hybridized carbons (Fsp3) is 0.400. The molecule has 0 bridgehead atoms. The Hall–Kier alpha value is -3.62. The van der Waals surface area contributed by atoms with E-state index in [0.29, 0.717) is 40.8 Å². The number of aryl methyl sites for hydroxylation is 1. The Morgan fingerprint density at radius 3 is 2.60 bits per heavy atom. The van der Waals surface area contributed by atoms with Gasteiger partial charge in [-0.25, -0.2) is 0 Å². The molecule has 3 aromatic carbocycles. The molecule has 3 fully saturated rings. The van der Waals surface area contributed by atoms with Crippen molar-refractivity contribution in [1.82, 2.24) is 0 Å². The monoisotopic (exact) mass is 595 g/mol. The highest BCUT2D eigenvalue weighted by molar-refractivity contribution is 8.15. The van der Waals surface area contributed by atoms with E-state index < -0.39 is 0 Å². The van der Waals surface area contributed by atoms with Crippen LogP contribution in [0.3, 0.4) is 0 Å². The van der Waals surface area contributed by atoms with Crippen LogP contribution in [0.15, 0.2) is 76.9 Å². The van der Waals surface area contributed by atoms with E-state index in [2.05, 4.69) is 23.2 Å². The number of amides is 1. The molecule has 222 valence electrons. The molecule has 3 N–H and O–H groups in total. The Morgan fingerprint density at radius 2 is 1.81 bits per heavy atom. The number of amidine groups is 1. The Bertz CT molecular complexity index is 1610. The second kappa shape index (κ2) is 11.1. The van der Waals surface area contributed by atoms with Crippen LogP contribution >= 0.6 is 11.8 Å². The molecule has 1 saturated heterocycles. The maximum absolute atomic E-state index is 12.7. The number of hydrogen-bond acceptors (Lipinski definition) is 7. The Balaban J connectivity index is 1.23. The molecule has 1 amide bonds. The highest BCUT2D eigenvalue weighted by Gasteiger charge is 2.54. The molecule has 8 heteroatoms. The topological polar surface area (TPSA) is 106 Å². The van der Waals surface area contributed by atoms with E-state index in [9.17, 15) is 20.1 Å². The highest BCUT2D eigenvalue weighted by atomic mass is 32.2. The van der Waals surface area contributed by atoms with Gasteiger partial charge < -0.3 is 15.3 Å². The van der Waals surface area contributed by atoms with Crippen LogP contribution in [0.25, 0.3) is 0 Å². The lowest BCUT2D eigenvalue weighted by atomic mass is 9.55. The van der Waals surface area contributed by atoms with Crippen molar-refractivity contribution in [2.75, 3.05) is 10.7 Å². The van der Waals surface area contributed by atoms with Crippen molar-refractivity contribution in [3.8, 4) is 11.5 Å². The second-order valence-corrected chi connectivity index (χ2v) is 13.7. The average molecular weight is 596 g/mol. The van der Waals surface area contributed by atoms with Crippen molar-refractivity contribution in [2.45, 2.75) is 63.9 Å². The molecule has 0 spiro atoms. The fourth-order valence-electron chi connectivity index (χ4n) is 8.17. The fourth-order valence-corrected chi connectivity index (χ4v) is 8.99. The molecule has 2 saturated carbocycles. The van der Waals surface area contributed by atoms with Crippen molar-refractivity contribution < 1.29 is 20.1 Å². The molecule has 1 heterocycles. The van der Waals surface area contributed by atoms with Gasteiger partial charge in [0.05, 0.1) is 23.3 Å². The molecular weight excluding hydrogens is 558 g/mol. The van der Waals surface area contributed by atoms with Gasteiger partial charge in [0.15, 0.2) is 5.17 Å². The quantitative estimate of drug-likeness (QED) is 0.234. The molecule has 0 aromatic heterocycles.